The lowest BCUT2D eigenvalue weighted by molar-refractivity contribution is -0.143. The van der Waals surface area contributed by atoms with Gasteiger partial charge in [0.15, 0.2) is 0 Å². The van der Waals surface area contributed by atoms with Crippen molar-refractivity contribution < 1.29 is 53.5 Å². The van der Waals surface area contributed by atoms with Crippen molar-refractivity contribution >= 4 is 54.8 Å². The number of benzene rings is 2. The molecule has 0 aromatic heterocycles. The molecule has 3 amide bonds. The van der Waals surface area contributed by atoms with Crippen molar-refractivity contribution in [2.45, 2.75) is 51.0 Å². The number of carboxylic acid groups (broad SMARTS) is 2. The Hall–Kier alpha value is -4.24. The second-order valence-electron chi connectivity index (χ2n) is 9.92. The minimum absolute atomic E-state index is 0.170. The summed E-state index contributed by atoms with van der Waals surface area (Å²) in [7, 11) is -2.39. The first-order valence-corrected chi connectivity index (χ1v) is 13.1. The first kappa shape index (κ1) is 30.7. The van der Waals surface area contributed by atoms with Crippen molar-refractivity contribution in [3.05, 3.63) is 58.7 Å². The zero-order valence-corrected chi connectivity index (χ0v) is 22.4. The number of nitrogens with one attached hydrogen (secondary N) is 3. The fourth-order valence-electron chi connectivity index (χ4n) is 4.91. The molecule has 42 heavy (non-hydrogen) atoms. The molecule has 2 aliphatic heterocycles. The van der Waals surface area contributed by atoms with E-state index in [4.69, 9.17) is 14.4 Å². The molecule has 0 unspecified atom stereocenters. The number of hydrogen-bond donors (Lipinski definition) is 7. The first-order valence-electron chi connectivity index (χ1n) is 13.1. The van der Waals surface area contributed by atoms with Gasteiger partial charge in [0.1, 0.15) is 12.1 Å². The lowest BCUT2D eigenvalue weighted by Gasteiger charge is -2.22. The molecule has 7 N–H and O–H groups in total. The average molecular weight is 581 g/mol. The lowest BCUT2D eigenvalue weighted by atomic mass is 9.75. The van der Waals surface area contributed by atoms with Gasteiger partial charge in [-0.05, 0) is 39.6 Å². The topological polar surface area (TPSA) is 221 Å². The van der Waals surface area contributed by atoms with Gasteiger partial charge in [-0.1, -0.05) is 36.4 Å². The molecular formula is C26H29B2N3O11. The largest absolute Gasteiger partial charge is 0.492 e. The van der Waals surface area contributed by atoms with E-state index in [2.05, 4.69) is 16.0 Å². The number of carbonyl (C=O) groups excluding carboxylic acids is 3. The summed E-state index contributed by atoms with van der Waals surface area (Å²) in [5.41, 5.74) is 3.35. The van der Waals surface area contributed by atoms with E-state index in [-0.39, 0.29) is 26.1 Å². The van der Waals surface area contributed by atoms with Gasteiger partial charge in [0, 0.05) is 13.0 Å². The molecule has 0 aliphatic carbocycles. The van der Waals surface area contributed by atoms with E-state index in [0.717, 1.165) is 5.56 Å². The molecule has 220 valence electrons. The highest BCUT2D eigenvalue weighted by atomic mass is 16.5. The van der Waals surface area contributed by atoms with Gasteiger partial charge >= 0.3 is 26.2 Å². The number of hydrogen-bond acceptors (Lipinski definition) is 9. The molecule has 0 bridgehead atoms. The van der Waals surface area contributed by atoms with E-state index >= 15 is 0 Å². The van der Waals surface area contributed by atoms with Crippen LogP contribution in [0.15, 0.2) is 36.4 Å². The molecule has 0 radical (unpaired) electrons. The van der Waals surface area contributed by atoms with Crippen LogP contribution in [0.4, 0.5) is 0 Å². The highest BCUT2D eigenvalue weighted by molar-refractivity contribution is 6.62. The van der Waals surface area contributed by atoms with Crippen LogP contribution in [0.2, 0.25) is 0 Å². The summed E-state index contributed by atoms with van der Waals surface area (Å²) in [5, 5.41) is 45.9. The molecule has 2 aromatic carbocycles. The Morgan fingerprint density at radius 2 is 1.33 bits per heavy atom. The van der Waals surface area contributed by atoms with Crippen LogP contribution in [0.3, 0.4) is 0 Å². The number of rotatable bonds is 13. The van der Waals surface area contributed by atoms with E-state index in [1.54, 1.807) is 36.4 Å². The normalized spacial score (nSPS) is 14.9. The van der Waals surface area contributed by atoms with E-state index in [1.807, 2.05) is 0 Å². The van der Waals surface area contributed by atoms with Crippen LogP contribution in [-0.4, -0.2) is 82.8 Å². The van der Waals surface area contributed by atoms with Crippen LogP contribution in [0, 0.1) is 0 Å². The zero-order valence-electron chi connectivity index (χ0n) is 22.4. The highest BCUT2D eigenvalue weighted by Crippen LogP contribution is 2.14. The minimum Gasteiger partial charge on any atom is -0.481 e. The number of amides is 3. The maximum absolute atomic E-state index is 13.1. The molecule has 2 aliphatic rings. The fraction of sp³-hybridized carbons (Fsp3) is 0.346. The number of carboxylic acids is 2. The van der Waals surface area contributed by atoms with Crippen LogP contribution < -0.4 is 26.9 Å². The second-order valence-corrected chi connectivity index (χ2v) is 9.92. The molecule has 0 saturated carbocycles. The second kappa shape index (κ2) is 13.6. The van der Waals surface area contributed by atoms with Crippen LogP contribution >= 0.6 is 0 Å². The Bertz CT molecular complexity index is 1390. The van der Waals surface area contributed by atoms with Gasteiger partial charge in [0.2, 0.25) is 17.7 Å². The molecule has 2 atom stereocenters. The third-order valence-electron chi connectivity index (χ3n) is 6.98. The molecule has 2 aromatic rings. The van der Waals surface area contributed by atoms with Crippen molar-refractivity contribution in [2.24, 2.45) is 0 Å². The predicted octanol–water partition coefficient (Wildman–Crippen LogP) is -3.06. The van der Waals surface area contributed by atoms with Crippen molar-refractivity contribution in [1.29, 1.82) is 0 Å². The van der Waals surface area contributed by atoms with Crippen molar-refractivity contribution in [3.63, 3.8) is 0 Å². The predicted molar refractivity (Wildman–Crippen MR) is 146 cm³/mol. The smallest absolute Gasteiger partial charge is 0.481 e. The molecule has 14 nitrogen and oxygen atoms in total. The Labute approximate surface area is 240 Å². The highest BCUT2D eigenvalue weighted by Gasteiger charge is 2.33. The van der Waals surface area contributed by atoms with Gasteiger partial charge in [-0.25, -0.2) is 4.79 Å². The first-order chi connectivity index (χ1) is 20.0. The average Bonchev–Trinajstić information content (AvgIpc) is 3.52. The monoisotopic (exact) mass is 581 g/mol. The SMILES string of the molecule is O=C(O)CC[C@H](NC(=O)[C@H](CNC(=O)Cc1cccc2c1B(O)OC2)NC(=O)Cc1cccc2c1B(O)OC2)C(=O)O. The Kier molecular flexibility index (Phi) is 9.96. The summed E-state index contributed by atoms with van der Waals surface area (Å²) >= 11 is 0. The number of aliphatic carboxylic acids is 2. The summed E-state index contributed by atoms with van der Waals surface area (Å²) in [6, 6.07) is 7.20. The van der Waals surface area contributed by atoms with E-state index in [1.165, 1.54) is 0 Å². The fourth-order valence-corrected chi connectivity index (χ4v) is 4.91. The summed E-state index contributed by atoms with van der Waals surface area (Å²) in [4.78, 5) is 61.5. The molecule has 4 rings (SSSR count). The molecule has 16 heteroatoms. The van der Waals surface area contributed by atoms with Gasteiger partial charge in [-0.15, -0.1) is 0 Å². The summed E-state index contributed by atoms with van der Waals surface area (Å²) < 4.78 is 10.4. The van der Waals surface area contributed by atoms with Crippen LogP contribution in [0.5, 0.6) is 0 Å². The molecule has 0 saturated heterocycles. The molecule has 0 spiro atoms. The van der Waals surface area contributed by atoms with Gasteiger partial charge in [0.25, 0.3) is 0 Å². The number of carbonyl (C=O) groups is 5. The van der Waals surface area contributed by atoms with Crippen molar-refractivity contribution in [1.82, 2.24) is 16.0 Å². The maximum atomic E-state index is 13.1. The summed E-state index contributed by atoms with van der Waals surface area (Å²) in [6.45, 7) is -0.0568. The molecule has 0 fully saturated rings. The van der Waals surface area contributed by atoms with Crippen molar-refractivity contribution in [3.8, 4) is 0 Å². The Balaban J connectivity index is 1.46. The van der Waals surface area contributed by atoms with Gasteiger partial charge in [-0.2, -0.15) is 0 Å². The zero-order chi connectivity index (χ0) is 30.4. The van der Waals surface area contributed by atoms with Crippen LogP contribution in [0.1, 0.15) is 35.1 Å². The van der Waals surface area contributed by atoms with Crippen LogP contribution in [-0.2, 0) is 59.3 Å². The van der Waals surface area contributed by atoms with Gasteiger partial charge < -0.3 is 45.5 Å². The third-order valence-corrected chi connectivity index (χ3v) is 6.98. The lowest BCUT2D eigenvalue weighted by Crippen LogP contribution is -2.56. The summed E-state index contributed by atoms with van der Waals surface area (Å²) in [6.07, 6.45) is -1.35. The van der Waals surface area contributed by atoms with E-state index in [9.17, 15) is 39.1 Å². The Morgan fingerprint density at radius 3 is 1.86 bits per heavy atom. The minimum atomic E-state index is -1.55. The molecule has 2 heterocycles. The van der Waals surface area contributed by atoms with Crippen LogP contribution in [0.25, 0.3) is 0 Å². The van der Waals surface area contributed by atoms with Gasteiger partial charge in [0.05, 0.1) is 26.1 Å². The van der Waals surface area contributed by atoms with Gasteiger partial charge in [-0.3, -0.25) is 19.2 Å². The van der Waals surface area contributed by atoms with E-state index < -0.39 is 75.4 Å². The summed E-state index contributed by atoms with van der Waals surface area (Å²) in [5.74, 6) is -4.87. The standard InChI is InChI=1S/C26H29B2N3O11/c32-20(9-14-3-1-5-16-12-41-27(39)23(14)16)29-11-19(25(36)31-18(26(37)38)7-8-22(34)35)30-21(33)10-15-4-2-6-17-13-42-28(40)24(15)17/h1-6,18-19,39-40H,7-13H2,(H,29,32)(H,30,33)(H,31,36)(H,34,35)(H,37,38)/t18-,19-/m0/s1. The van der Waals surface area contributed by atoms with Crippen molar-refractivity contribution in [2.75, 3.05) is 6.54 Å². The van der Waals surface area contributed by atoms with E-state index in [0.29, 0.717) is 27.6 Å². The number of fused-ring (bicyclic) bond motifs is 2. The Morgan fingerprint density at radius 1 is 0.786 bits per heavy atom. The quantitative estimate of drug-likeness (QED) is 0.118. The third kappa shape index (κ3) is 7.53. The maximum Gasteiger partial charge on any atom is 0.492 e. The molecular weight excluding hydrogens is 552 g/mol.